The summed E-state index contributed by atoms with van der Waals surface area (Å²) in [5, 5.41) is 0.980. The van der Waals surface area contributed by atoms with Gasteiger partial charge in [0, 0.05) is 15.7 Å². The summed E-state index contributed by atoms with van der Waals surface area (Å²) in [6, 6.07) is 15.2. The summed E-state index contributed by atoms with van der Waals surface area (Å²) in [5.74, 6) is 0.490. The maximum Gasteiger partial charge on any atom is 0.0199 e. The summed E-state index contributed by atoms with van der Waals surface area (Å²) in [4.78, 5) is 0. The number of benzene rings is 2. The van der Waals surface area contributed by atoms with Crippen molar-refractivity contribution >= 4 is 31.9 Å². The van der Waals surface area contributed by atoms with Gasteiger partial charge in [-0.2, -0.15) is 0 Å². The SMILES string of the molecule is BrCC1c2ccccc2-c2ccc(Br)cc21. The molecule has 0 fully saturated rings. The Kier molecular flexibility index (Phi) is 2.64. The summed E-state index contributed by atoms with van der Waals surface area (Å²) >= 11 is 7.18. The van der Waals surface area contributed by atoms with Gasteiger partial charge in [0.2, 0.25) is 0 Å². The molecule has 1 aliphatic rings. The van der Waals surface area contributed by atoms with E-state index in [4.69, 9.17) is 0 Å². The lowest BCUT2D eigenvalue weighted by Crippen LogP contribution is -1.96. The molecular formula is C14H10Br2. The molecule has 0 aromatic heterocycles. The van der Waals surface area contributed by atoms with Crippen molar-refractivity contribution < 1.29 is 0 Å². The van der Waals surface area contributed by atoms with Crippen LogP contribution in [0, 0.1) is 0 Å². The van der Waals surface area contributed by atoms with E-state index in [0.29, 0.717) is 5.92 Å². The van der Waals surface area contributed by atoms with Crippen LogP contribution in [-0.2, 0) is 0 Å². The standard InChI is InChI=1S/C14H10Br2/c15-8-14-11-4-2-1-3-10(11)12-6-5-9(16)7-13(12)14/h1-7,14H,8H2. The largest absolute Gasteiger partial charge is 0.0918 e. The van der Waals surface area contributed by atoms with Crippen LogP contribution < -0.4 is 0 Å². The first-order valence-electron chi connectivity index (χ1n) is 5.26. The zero-order valence-corrected chi connectivity index (χ0v) is 11.8. The average Bonchev–Trinajstić information content (AvgIpc) is 2.61. The van der Waals surface area contributed by atoms with E-state index < -0.39 is 0 Å². The molecule has 0 N–H and O–H groups in total. The van der Waals surface area contributed by atoms with Crippen molar-refractivity contribution in [2.75, 3.05) is 5.33 Å². The first-order valence-corrected chi connectivity index (χ1v) is 7.17. The zero-order valence-electron chi connectivity index (χ0n) is 8.58. The van der Waals surface area contributed by atoms with Crippen molar-refractivity contribution in [3.05, 3.63) is 58.1 Å². The van der Waals surface area contributed by atoms with E-state index in [-0.39, 0.29) is 0 Å². The maximum absolute atomic E-state index is 3.63. The number of halogens is 2. The Morgan fingerprint density at radius 2 is 1.69 bits per heavy atom. The van der Waals surface area contributed by atoms with E-state index in [2.05, 4.69) is 74.3 Å². The van der Waals surface area contributed by atoms with Crippen molar-refractivity contribution in [3.8, 4) is 11.1 Å². The van der Waals surface area contributed by atoms with Gasteiger partial charge in [-0.3, -0.25) is 0 Å². The van der Waals surface area contributed by atoms with Crippen LogP contribution in [0.5, 0.6) is 0 Å². The number of hydrogen-bond acceptors (Lipinski definition) is 0. The van der Waals surface area contributed by atoms with Crippen molar-refractivity contribution in [3.63, 3.8) is 0 Å². The van der Waals surface area contributed by atoms with Gasteiger partial charge in [-0.05, 0) is 34.4 Å². The second-order valence-corrected chi connectivity index (χ2v) is 5.59. The van der Waals surface area contributed by atoms with E-state index in [9.17, 15) is 0 Å². The Balaban J connectivity index is 2.29. The molecule has 2 heteroatoms. The fourth-order valence-corrected chi connectivity index (χ4v) is 3.52. The van der Waals surface area contributed by atoms with E-state index in [1.54, 1.807) is 0 Å². The molecule has 1 unspecified atom stereocenters. The minimum Gasteiger partial charge on any atom is -0.0918 e. The first kappa shape index (κ1) is 10.5. The lowest BCUT2D eigenvalue weighted by molar-refractivity contribution is 0.980. The van der Waals surface area contributed by atoms with Crippen LogP contribution in [0.3, 0.4) is 0 Å². The van der Waals surface area contributed by atoms with Crippen LogP contribution in [0.2, 0.25) is 0 Å². The van der Waals surface area contributed by atoms with Crippen LogP contribution in [0.25, 0.3) is 11.1 Å². The fourth-order valence-electron chi connectivity index (χ4n) is 2.45. The Morgan fingerprint density at radius 3 is 2.50 bits per heavy atom. The van der Waals surface area contributed by atoms with Gasteiger partial charge in [-0.1, -0.05) is 62.2 Å². The number of hydrogen-bond donors (Lipinski definition) is 0. The normalized spacial score (nSPS) is 17.0. The van der Waals surface area contributed by atoms with Gasteiger partial charge in [-0.15, -0.1) is 0 Å². The first-order chi connectivity index (χ1) is 7.81. The molecule has 2 aromatic rings. The zero-order chi connectivity index (χ0) is 11.1. The van der Waals surface area contributed by atoms with Crippen LogP contribution in [-0.4, -0.2) is 5.33 Å². The molecule has 0 saturated heterocycles. The van der Waals surface area contributed by atoms with Crippen LogP contribution >= 0.6 is 31.9 Å². The van der Waals surface area contributed by atoms with E-state index in [1.165, 1.54) is 22.3 Å². The predicted octanol–water partition coefficient (Wildman–Crippen LogP) is 4.96. The molecule has 0 spiro atoms. The lowest BCUT2D eigenvalue weighted by atomic mass is 10.00. The second kappa shape index (κ2) is 4.01. The fraction of sp³-hybridized carbons (Fsp3) is 0.143. The van der Waals surface area contributed by atoms with E-state index >= 15 is 0 Å². The smallest absolute Gasteiger partial charge is 0.0199 e. The Labute approximate surface area is 112 Å². The molecule has 1 aliphatic carbocycles. The summed E-state index contributed by atoms with van der Waals surface area (Å²) in [6.07, 6.45) is 0. The molecule has 0 radical (unpaired) electrons. The molecule has 0 nitrogen and oxygen atoms in total. The van der Waals surface area contributed by atoms with Gasteiger partial charge in [0.25, 0.3) is 0 Å². The molecule has 0 amide bonds. The van der Waals surface area contributed by atoms with Gasteiger partial charge in [0.1, 0.15) is 0 Å². The highest BCUT2D eigenvalue weighted by Crippen LogP contribution is 2.46. The molecule has 16 heavy (non-hydrogen) atoms. The highest BCUT2D eigenvalue weighted by atomic mass is 79.9. The molecule has 1 atom stereocenters. The highest BCUT2D eigenvalue weighted by Gasteiger charge is 2.27. The summed E-state index contributed by atoms with van der Waals surface area (Å²) < 4.78 is 1.16. The monoisotopic (exact) mass is 336 g/mol. The van der Waals surface area contributed by atoms with Crippen molar-refractivity contribution in [1.82, 2.24) is 0 Å². The molecule has 0 aliphatic heterocycles. The average molecular weight is 338 g/mol. The maximum atomic E-state index is 3.63. The molecule has 0 bridgehead atoms. The summed E-state index contributed by atoms with van der Waals surface area (Å²) in [7, 11) is 0. The third-order valence-corrected chi connectivity index (χ3v) is 4.31. The Morgan fingerprint density at radius 1 is 0.938 bits per heavy atom. The second-order valence-electron chi connectivity index (χ2n) is 4.03. The van der Waals surface area contributed by atoms with E-state index in [0.717, 1.165) is 9.80 Å². The molecule has 0 saturated carbocycles. The molecule has 80 valence electrons. The number of alkyl halides is 1. The summed E-state index contributed by atoms with van der Waals surface area (Å²) in [6.45, 7) is 0. The number of rotatable bonds is 1. The quantitative estimate of drug-likeness (QED) is 0.645. The highest BCUT2D eigenvalue weighted by molar-refractivity contribution is 9.10. The van der Waals surface area contributed by atoms with E-state index in [1.807, 2.05) is 0 Å². The molecular weight excluding hydrogens is 328 g/mol. The van der Waals surface area contributed by atoms with Crippen molar-refractivity contribution in [2.45, 2.75) is 5.92 Å². The van der Waals surface area contributed by atoms with Gasteiger partial charge < -0.3 is 0 Å². The van der Waals surface area contributed by atoms with Gasteiger partial charge in [0.15, 0.2) is 0 Å². The van der Waals surface area contributed by atoms with Gasteiger partial charge in [-0.25, -0.2) is 0 Å². The predicted molar refractivity (Wildman–Crippen MR) is 75.2 cm³/mol. The molecule has 0 heterocycles. The Bertz CT molecular complexity index is 546. The van der Waals surface area contributed by atoms with Gasteiger partial charge >= 0.3 is 0 Å². The van der Waals surface area contributed by atoms with Gasteiger partial charge in [0.05, 0.1) is 0 Å². The third kappa shape index (κ3) is 1.47. The topological polar surface area (TPSA) is 0 Å². The summed E-state index contributed by atoms with van der Waals surface area (Å²) in [5.41, 5.74) is 5.62. The Hall–Kier alpha value is -0.600. The lowest BCUT2D eigenvalue weighted by Gasteiger charge is -2.09. The van der Waals surface area contributed by atoms with Crippen molar-refractivity contribution in [1.29, 1.82) is 0 Å². The molecule has 2 aromatic carbocycles. The molecule has 3 rings (SSSR count). The van der Waals surface area contributed by atoms with Crippen LogP contribution in [0.4, 0.5) is 0 Å². The minimum atomic E-state index is 0.490. The minimum absolute atomic E-state index is 0.490. The third-order valence-electron chi connectivity index (χ3n) is 3.17. The van der Waals surface area contributed by atoms with Crippen LogP contribution in [0.15, 0.2) is 46.9 Å². The van der Waals surface area contributed by atoms with Crippen LogP contribution in [0.1, 0.15) is 17.0 Å². The number of fused-ring (bicyclic) bond motifs is 3. The van der Waals surface area contributed by atoms with Crippen molar-refractivity contribution in [2.24, 2.45) is 0 Å².